The first-order valence-corrected chi connectivity index (χ1v) is 8.48. The number of benzene rings is 1. The fraction of sp³-hybridized carbons (Fsp3) is 0.684. The van der Waals surface area contributed by atoms with E-state index in [1.54, 1.807) is 0 Å². The largest absolute Gasteiger partial charge is 0.376 e. The maximum atomic E-state index is 6.15. The molecule has 118 valence electrons. The fourth-order valence-electron chi connectivity index (χ4n) is 3.87. The van der Waals surface area contributed by atoms with Crippen LogP contribution in [0.2, 0.25) is 0 Å². The van der Waals surface area contributed by atoms with Crippen molar-refractivity contribution in [2.75, 3.05) is 13.7 Å². The summed E-state index contributed by atoms with van der Waals surface area (Å²) in [6.07, 6.45) is 7.57. The lowest BCUT2D eigenvalue weighted by Gasteiger charge is -2.40. The average molecular weight is 289 g/mol. The van der Waals surface area contributed by atoms with Crippen molar-refractivity contribution >= 4 is 0 Å². The molecule has 1 saturated carbocycles. The van der Waals surface area contributed by atoms with Gasteiger partial charge in [-0.25, -0.2) is 0 Å². The minimum Gasteiger partial charge on any atom is -0.376 e. The highest BCUT2D eigenvalue weighted by Gasteiger charge is 2.40. The molecular formula is C19H31NO. The van der Waals surface area contributed by atoms with Gasteiger partial charge in [-0.1, -0.05) is 56.4 Å². The van der Waals surface area contributed by atoms with Gasteiger partial charge >= 0.3 is 0 Å². The summed E-state index contributed by atoms with van der Waals surface area (Å²) in [6, 6.07) is 7.11. The number of rotatable bonds is 5. The van der Waals surface area contributed by atoms with Gasteiger partial charge in [0.05, 0.1) is 11.6 Å². The Morgan fingerprint density at radius 2 is 1.81 bits per heavy atom. The third-order valence-corrected chi connectivity index (χ3v) is 5.03. The Balaban J connectivity index is 2.39. The molecule has 1 unspecified atom stereocenters. The number of hydrogen-bond acceptors (Lipinski definition) is 2. The standard InChI is InChI=1S/C19H31NO/c1-5-20-18(17-11-10-15(2)14-16(17)3)19(21-4)12-8-6-7-9-13-19/h10-11,14,18,20H,5-9,12-13H2,1-4H3. The Labute approximate surface area is 130 Å². The zero-order valence-corrected chi connectivity index (χ0v) is 14.2. The Hall–Kier alpha value is -0.860. The molecule has 0 aromatic heterocycles. The molecule has 1 aromatic carbocycles. The van der Waals surface area contributed by atoms with E-state index in [-0.39, 0.29) is 5.60 Å². The molecule has 1 aliphatic rings. The molecule has 1 fully saturated rings. The van der Waals surface area contributed by atoms with E-state index in [0.29, 0.717) is 6.04 Å². The third-order valence-electron chi connectivity index (χ3n) is 5.03. The second-order valence-corrected chi connectivity index (χ2v) is 6.53. The van der Waals surface area contributed by atoms with Gasteiger partial charge in [0.25, 0.3) is 0 Å². The number of ether oxygens (including phenoxy) is 1. The molecular weight excluding hydrogens is 258 g/mol. The number of hydrogen-bond donors (Lipinski definition) is 1. The highest BCUT2D eigenvalue weighted by Crippen LogP contribution is 2.41. The summed E-state index contributed by atoms with van der Waals surface area (Å²) in [4.78, 5) is 0. The second-order valence-electron chi connectivity index (χ2n) is 6.53. The first-order valence-electron chi connectivity index (χ1n) is 8.48. The van der Waals surface area contributed by atoms with Crippen molar-refractivity contribution in [2.45, 2.75) is 70.9 Å². The topological polar surface area (TPSA) is 21.3 Å². The maximum absolute atomic E-state index is 6.15. The lowest BCUT2D eigenvalue weighted by atomic mass is 9.80. The minimum absolute atomic E-state index is 0.0491. The van der Waals surface area contributed by atoms with Crippen molar-refractivity contribution < 1.29 is 4.74 Å². The molecule has 1 atom stereocenters. The molecule has 0 bridgehead atoms. The Kier molecular flexibility index (Phi) is 5.83. The fourth-order valence-corrected chi connectivity index (χ4v) is 3.87. The van der Waals surface area contributed by atoms with Gasteiger partial charge in [0.1, 0.15) is 0 Å². The summed E-state index contributed by atoms with van der Waals surface area (Å²) in [6.45, 7) is 7.56. The zero-order valence-electron chi connectivity index (χ0n) is 14.2. The zero-order chi connectivity index (χ0) is 15.3. The van der Waals surface area contributed by atoms with Gasteiger partial charge in [-0.05, 0) is 44.4 Å². The van der Waals surface area contributed by atoms with Gasteiger partial charge in [-0.15, -0.1) is 0 Å². The average Bonchev–Trinajstić information content (AvgIpc) is 2.72. The monoisotopic (exact) mass is 289 g/mol. The first-order chi connectivity index (χ1) is 10.1. The summed E-state index contributed by atoms with van der Waals surface area (Å²) in [5, 5.41) is 3.72. The van der Waals surface area contributed by atoms with Crippen LogP contribution in [0.5, 0.6) is 0 Å². The molecule has 2 rings (SSSR count). The molecule has 0 aliphatic heterocycles. The highest BCUT2D eigenvalue weighted by atomic mass is 16.5. The number of likely N-dealkylation sites (N-methyl/N-ethyl adjacent to an activating group) is 1. The van der Waals surface area contributed by atoms with E-state index in [2.05, 4.69) is 44.3 Å². The van der Waals surface area contributed by atoms with Crippen molar-refractivity contribution in [3.8, 4) is 0 Å². The van der Waals surface area contributed by atoms with Gasteiger partial charge in [0.2, 0.25) is 0 Å². The molecule has 21 heavy (non-hydrogen) atoms. The van der Waals surface area contributed by atoms with Crippen molar-refractivity contribution in [3.63, 3.8) is 0 Å². The molecule has 2 heteroatoms. The van der Waals surface area contributed by atoms with E-state index in [0.717, 1.165) is 19.4 Å². The summed E-state index contributed by atoms with van der Waals surface area (Å²) < 4.78 is 6.15. The predicted molar refractivity (Wildman–Crippen MR) is 89.8 cm³/mol. The minimum atomic E-state index is -0.0491. The van der Waals surface area contributed by atoms with Crippen molar-refractivity contribution in [1.82, 2.24) is 5.32 Å². The summed E-state index contributed by atoms with van der Waals surface area (Å²) in [7, 11) is 1.90. The molecule has 1 aliphatic carbocycles. The van der Waals surface area contributed by atoms with Crippen LogP contribution >= 0.6 is 0 Å². The normalized spacial score (nSPS) is 20.0. The number of aryl methyl sites for hydroxylation is 2. The van der Waals surface area contributed by atoms with Crippen molar-refractivity contribution in [3.05, 3.63) is 34.9 Å². The maximum Gasteiger partial charge on any atom is 0.0872 e. The van der Waals surface area contributed by atoms with Crippen LogP contribution in [0, 0.1) is 13.8 Å². The molecule has 2 nitrogen and oxygen atoms in total. The van der Waals surface area contributed by atoms with Gasteiger partial charge in [0.15, 0.2) is 0 Å². The van der Waals surface area contributed by atoms with Crippen molar-refractivity contribution in [1.29, 1.82) is 0 Å². The molecule has 0 saturated heterocycles. The Morgan fingerprint density at radius 1 is 1.14 bits per heavy atom. The van der Waals surface area contributed by atoms with Crippen molar-refractivity contribution in [2.24, 2.45) is 0 Å². The molecule has 0 radical (unpaired) electrons. The van der Waals surface area contributed by atoms with Crippen LogP contribution in [0.1, 0.15) is 68.2 Å². The molecule has 1 N–H and O–H groups in total. The Bertz CT molecular complexity index is 447. The molecule has 0 spiro atoms. The quantitative estimate of drug-likeness (QED) is 0.794. The van der Waals surface area contributed by atoms with Gasteiger partial charge < -0.3 is 10.1 Å². The summed E-state index contributed by atoms with van der Waals surface area (Å²) in [5.74, 6) is 0. The van der Waals surface area contributed by atoms with E-state index in [4.69, 9.17) is 4.74 Å². The van der Waals surface area contributed by atoms with Gasteiger partial charge in [0, 0.05) is 7.11 Å². The summed E-state index contributed by atoms with van der Waals surface area (Å²) >= 11 is 0. The predicted octanol–water partition coefficient (Wildman–Crippen LogP) is 4.69. The molecule has 1 aromatic rings. The SMILES string of the molecule is CCNC(c1ccc(C)cc1C)C1(OC)CCCCCC1. The lowest BCUT2D eigenvalue weighted by Crippen LogP contribution is -2.45. The van der Waals surface area contributed by atoms with Crippen LogP contribution < -0.4 is 5.32 Å². The third kappa shape index (κ3) is 3.67. The first kappa shape index (κ1) is 16.5. The number of methoxy groups -OCH3 is 1. The van der Waals surface area contributed by atoms with E-state index < -0.39 is 0 Å². The Morgan fingerprint density at radius 3 is 2.33 bits per heavy atom. The van der Waals surface area contributed by atoms with Crippen LogP contribution in [-0.2, 0) is 4.74 Å². The van der Waals surface area contributed by atoms with Crippen LogP contribution in [0.25, 0.3) is 0 Å². The van der Waals surface area contributed by atoms with Crippen LogP contribution in [-0.4, -0.2) is 19.3 Å². The van der Waals surface area contributed by atoms with Crippen LogP contribution in [0.4, 0.5) is 0 Å². The van der Waals surface area contributed by atoms with Gasteiger partial charge in [-0.2, -0.15) is 0 Å². The second kappa shape index (κ2) is 7.42. The van der Waals surface area contributed by atoms with Crippen LogP contribution in [0.15, 0.2) is 18.2 Å². The number of nitrogens with one attached hydrogen (secondary N) is 1. The van der Waals surface area contributed by atoms with E-state index in [1.165, 1.54) is 42.4 Å². The van der Waals surface area contributed by atoms with E-state index >= 15 is 0 Å². The summed E-state index contributed by atoms with van der Waals surface area (Å²) in [5.41, 5.74) is 4.07. The molecule has 0 heterocycles. The lowest BCUT2D eigenvalue weighted by molar-refractivity contribution is -0.0538. The van der Waals surface area contributed by atoms with E-state index in [1.807, 2.05) is 7.11 Å². The smallest absolute Gasteiger partial charge is 0.0872 e. The highest BCUT2D eigenvalue weighted by molar-refractivity contribution is 5.34. The molecule has 0 amide bonds. The van der Waals surface area contributed by atoms with Crippen LogP contribution in [0.3, 0.4) is 0 Å². The van der Waals surface area contributed by atoms with Gasteiger partial charge in [-0.3, -0.25) is 0 Å². The van der Waals surface area contributed by atoms with E-state index in [9.17, 15) is 0 Å².